The zero-order chi connectivity index (χ0) is 16.3. The van der Waals surface area contributed by atoms with Crippen LogP contribution >= 0.6 is 0 Å². The van der Waals surface area contributed by atoms with Crippen molar-refractivity contribution < 1.29 is 13.2 Å². The third-order valence-electron chi connectivity index (χ3n) is 4.04. The van der Waals surface area contributed by atoms with Crippen molar-refractivity contribution in [3.05, 3.63) is 29.8 Å². The maximum atomic E-state index is 12.3. The number of nitrogens with zero attached hydrogens (tertiary/aromatic N) is 1. The van der Waals surface area contributed by atoms with Gasteiger partial charge in [-0.2, -0.15) is 0 Å². The Morgan fingerprint density at radius 3 is 2.55 bits per heavy atom. The number of anilines is 1. The Morgan fingerprint density at radius 2 is 1.95 bits per heavy atom. The molecule has 22 heavy (non-hydrogen) atoms. The van der Waals surface area contributed by atoms with Crippen molar-refractivity contribution in [3.8, 4) is 0 Å². The lowest BCUT2D eigenvalue weighted by atomic mass is 10.1. The summed E-state index contributed by atoms with van der Waals surface area (Å²) in [7, 11) is -3.09. The van der Waals surface area contributed by atoms with E-state index in [4.69, 9.17) is 5.73 Å². The summed E-state index contributed by atoms with van der Waals surface area (Å²) in [5.41, 5.74) is 7.45. The highest BCUT2D eigenvalue weighted by atomic mass is 32.2. The van der Waals surface area contributed by atoms with Gasteiger partial charge in [-0.1, -0.05) is 12.1 Å². The van der Waals surface area contributed by atoms with E-state index < -0.39 is 15.1 Å². The first-order valence-corrected chi connectivity index (χ1v) is 9.14. The molecule has 2 rings (SSSR count). The second-order valence-corrected chi connectivity index (χ2v) is 8.33. The molecule has 1 saturated heterocycles. The molecular weight excluding hydrogens is 302 g/mol. The van der Waals surface area contributed by atoms with E-state index in [2.05, 4.69) is 5.32 Å². The summed E-state index contributed by atoms with van der Waals surface area (Å²) >= 11 is 0. The number of sulfone groups is 1. The molecule has 0 bridgehead atoms. The molecule has 1 aliphatic heterocycles. The monoisotopic (exact) mass is 325 g/mol. The Kier molecular flexibility index (Phi) is 5.08. The molecule has 1 heterocycles. The Bertz CT molecular complexity index is 626. The van der Waals surface area contributed by atoms with Crippen LogP contribution in [0.4, 0.5) is 10.5 Å². The topological polar surface area (TPSA) is 92.5 Å². The first kappa shape index (κ1) is 16.8. The van der Waals surface area contributed by atoms with Gasteiger partial charge in [0.25, 0.3) is 0 Å². The summed E-state index contributed by atoms with van der Waals surface area (Å²) in [6.45, 7) is 4.27. The van der Waals surface area contributed by atoms with Gasteiger partial charge in [-0.05, 0) is 38.0 Å². The SMILES string of the molecule is CC1CCN(C(=O)Nc2ccc([C@H](C)N)cc2)CCS1(=O)=O. The lowest BCUT2D eigenvalue weighted by molar-refractivity contribution is 0.215. The molecule has 2 atom stereocenters. The molecule has 0 radical (unpaired) electrons. The highest BCUT2D eigenvalue weighted by Gasteiger charge is 2.28. The smallest absolute Gasteiger partial charge is 0.321 e. The Morgan fingerprint density at radius 1 is 1.32 bits per heavy atom. The number of hydrogen-bond donors (Lipinski definition) is 2. The van der Waals surface area contributed by atoms with Crippen LogP contribution in [0.25, 0.3) is 0 Å². The lowest BCUT2D eigenvalue weighted by Gasteiger charge is -2.20. The number of carbonyl (C=O) groups is 1. The number of rotatable bonds is 2. The summed E-state index contributed by atoms with van der Waals surface area (Å²) < 4.78 is 23.7. The van der Waals surface area contributed by atoms with Crippen LogP contribution in [-0.2, 0) is 9.84 Å². The van der Waals surface area contributed by atoms with Crippen LogP contribution in [0.2, 0.25) is 0 Å². The van der Waals surface area contributed by atoms with Gasteiger partial charge in [0.05, 0.1) is 11.0 Å². The average Bonchev–Trinajstić information content (AvgIpc) is 2.59. The highest BCUT2D eigenvalue weighted by molar-refractivity contribution is 7.92. The molecule has 0 aliphatic carbocycles. The summed E-state index contributed by atoms with van der Waals surface area (Å²) in [4.78, 5) is 13.8. The number of amides is 2. The number of nitrogens with two attached hydrogens (primary N) is 1. The Labute approximate surface area is 131 Å². The first-order valence-electron chi connectivity index (χ1n) is 7.42. The van der Waals surface area contributed by atoms with Crippen LogP contribution in [0.5, 0.6) is 0 Å². The van der Waals surface area contributed by atoms with Crippen molar-refractivity contribution in [3.63, 3.8) is 0 Å². The molecule has 0 aromatic heterocycles. The summed E-state index contributed by atoms with van der Waals surface area (Å²) in [6, 6.07) is 7.02. The van der Waals surface area contributed by atoms with Gasteiger partial charge in [-0.3, -0.25) is 0 Å². The van der Waals surface area contributed by atoms with Crippen molar-refractivity contribution in [2.24, 2.45) is 5.73 Å². The van der Waals surface area contributed by atoms with E-state index in [0.717, 1.165) is 5.56 Å². The Hall–Kier alpha value is -1.60. The van der Waals surface area contributed by atoms with E-state index >= 15 is 0 Å². The third-order valence-corrected chi connectivity index (χ3v) is 6.25. The first-order chi connectivity index (χ1) is 10.3. The molecule has 0 saturated carbocycles. The lowest BCUT2D eigenvalue weighted by Crippen LogP contribution is -2.37. The van der Waals surface area contributed by atoms with E-state index in [1.807, 2.05) is 19.1 Å². The van der Waals surface area contributed by atoms with Crippen LogP contribution in [0, 0.1) is 0 Å². The molecule has 0 spiro atoms. The van der Waals surface area contributed by atoms with Gasteiger partial charge in [-0.15, -0.1) is 0 Å². The van der Waals surface area contributed by atoms with E-state index in [1.165, 1.54) is 0 Å². The van der Waals surface area contributed by atoms with Crippen LogP contribution < -0.4 is 11.1 Å². The number of nitrogens with one attached hydrogen (secondary N) is 1. The molecule has 1 fully saturated rings. The minimum Gasteiger partial charge on any atom is -0.324 e. The minimum atomic E-state index is -3.09. The predicted octanol–water partition coefficient (Wildman–Crippen LogP) is 1.75. The summed E-state index contributed by atoms with van der Waals surface area (Å²) in [6.07, 6.45) is 0.472. The number of benzene rings is 1. The van der Waals surface area contributed by atoms with Crippen LogP contribution in [0.1, 0.15) is 31.9 Å². The van der Waals surface area contributed by atoms with E-state index in [-0.39, 0.29) is 24.4 Å². The molecular formula is C15H23N3O3S. The van der Waals surface area contributed by atoms with Gasteiger partial charge in [-0.25, -0.2) is 13.2 Å². The fraction of sp³-hybridized carbons (Fsp3) is 0.533. The summed E-state index contributed by atoms with van der Waals surface area (Å²) in [5, 5.41) is 2.41. The van der Waals surface area contributed by atoms with Crippen molar-refractivity contribution >= 4 is 21.6 Å². The quantitative estimate of drug-likeness (QED) is 0.866. The maximum Gasteiger partial charge on any atom is 0.321 e. The molecule has 2 amide bonds. The standard InChI is InChI=1S/C15H23N3O3S/c1-11-7-8-18(9-10-22(11,20)21)15(19)17-14-5-3-13(4-6-14)12(2)16/h3-6,11-12H,7-10,16H2,1-2H3,(H,17,19)/t11?,12-/m0/s1. The normalized spacial score (nSPS) is 22.7. The van der Waals surface area contributed by atoms with Crippen molar-refractivity contribution in [1.82, 2.24) is 4.90 Å². The molecule has 1 aromatic carbocycles. The molecule has 1 unspecified atom stereocenters. The van der Waals surface area contributed by atoms with E-state index in [9.17, 15) is 13.2 Å². The van der Waals surface area contributed by atoms with Crippen LogP contribution in [-0.4, -0.2) is 43.4 Å². The average molecular weight is 325 g/mol. The second kappa shape index (κ2) is 6.66. The van der Waals surface area contributed by atoms with Gasteiger partial charge < -0.3 is 16.0 Å². The van der Waals surface area contributed by atoms with Crippen LogP contribution in [0.3, 0.4) is 0 Å². The van der Waals surface area contributed by atoms with Gasteiger partial charge in [0.1, 0.15) is 0 Å². The highest BCUT2D eigenvalue weighted by Crippen LogP contribution is 2.17. The van der Waals surface area contributed by atoms with Crippen molar-refractivity contribution in [2.75, 3.05) is 24.2 Å². The van der Waals surface area contributed by atoms with Gasteiger partial charge in [0.15, 0.2) is 9.84 Å². The van der Waals surface area contributed by atoms with E-state index in [0.29, 0.717) is 18.7 Å². The van der Waals surface area contributed by atoms with E-state index in [1.54, 1.807) is 24.0 Å². The predicted molar refractivity (Wildman–Crippen MR) is 87.5 cm³/mol. The second-order valence-electron chi connectivity index (χ2n) is 5.79. The molecule has 3 N–H and O–H groups in total. The molecule has 122 valence electrons. The fourth-order valence-electron chi connectivity index (χ4n) is 2.34. The zero-order valence-electron chi connectivity index (χ0n) is 13.0. The van der Waals surface area contributed by atoms with Crippen molar-refractivity contribution in [2.45, 2.75) is 31.6 Å². The minimum absolute atomic E-state index is 0.0191. The number of urea groups is 1. The molecule has 1 aromatic rings. The summed E-state index contributed by atoms with van der Waals surface area (Å²) in [5.74, 6) is 0.0191. The number of carbonyl (C=O) groups excluding carboxylic acids is 1. The van der Waals surface area contributed by atoms with Gasteiger partial charge in [0, 0.05) is 24.8 Å². The molecule has 7 heteroatoms. The van der Waals surface area contributed by atoms with Gasteiger partial charge >= 0.3 is 6.03 Å². The van der Waals surface area contributed by atoms with Crippen LogP contribution in [0.15, 0.2) is 24.3 Å². The Balaban J connectivity index is 2.00. The fourth-order valence-corrected chi connectivity index (χ4v) is 3.69. The molecule has 1 aliphatic rings. The van der Waals surface area contributed by atoms with Gasteiger partial charge in [0.2, 0.25) is 0 Å². The largest absolute Gasteiger partial charge is 0.324 e. The van der Waals surface area contributed by atoms with Crippen molar-refractivity contribution in [1.29, 1.82) is 0 Å². The number of hydrogen-bond acceptors (Lipinski definition) is 4. The zero-order valence-corrected chi connectivity index (χ0v) is 13.8. The maximum absolute atomic E-state index is 12.3. The third kappa shape index (κ3) is 3.98. The molecule has 6 nitrogen and oxygen atoms in total.